The van der Waals surface area contributed by atoms with E-state index in [1.54, 1.807) is 0 Å². The highest BCUT2D eigenvalue weighted by Crippen LogP contribution is 2.24. The van der Waals surface area contributed by atoms with Crippen molar-refractivity contribution in [2.24, 2.45) is 0 Å². The lowest BCUT2D eigenvalue weighted by molar-refractivity contribution is 0.0878. The van der Waals surface area contributed by atoms with Crippen LogP contribution in [0, 0.1) is 5.82 Å². The SMILES string of the molecule is CNC(=O)c1cc(F)ccc1-n1c(N)c2c(cc1=O)C(=O)NC2=O. The summed E-state index contributed by atoms with van der Waals surface area (Å²) in [6, 6.07) is 4.13. The number of aromatic nitrogens is 1. The second-order valence-corrected chi connectivity index (χ2v) is 5.02. The minimum Gasteiger partial charge on any atom is -0.384 e. The lowest BCUT2D eigenvalue weighted by Gasteiger charge is -2.15. The Kier molecular flexibility index (Phi) is 3.40. The number of rotatable bonds is 2. The van der Waals surface area contributed by atoms with Gasteiger partial charge in [0.2, 0.25) is 0 Å². The van der Waals surface area contributed by atoms with E-state index in [0.717, 1.165) is 22.8 Å². The first kappa shape index (κ1) is 15.4. The Morgan fingerprint density at radius 2 is 1.92 bits per heavy atom. The summed E-state index contributed by atoms with van der Waals surface area (Å²) in [4.78, 5) is 47.8. The highest BCUT2D eigenvalue weighted by molar-refractivity contribution is 6.23. The van der Waals surface area contributed by atoms with E-state index in [2.05, 4.69) is 5.32 Å². The van der Waals surface area contributed by atoms with Crippen LogP contribution < -0.4 is 21.9 Å². The van der Waals surface area contributed by atoms with Crippen LogP contribution in [0.5, 0.6) is 0 Å². The fraction of sp³-hybridized carbons (Fsp3) is 0.0667. The summed E-state index contributed by atoms with van der Waals surface area (Å²) < 4.78 is 14.4. The summed E-state index contributed by atoms with van der Waals surface area (Å²) in [5.74, 6) is -3.10. The smallest absolute Gasteiger partial charge is 0.262 e. The number of nitrogens with one attached hydrogen (secondary N) is 2. The minimum absolute atomic E-state index is 0.00630. The van der Waals surface area contributed by atoms with Crippen molar-refractivity contribution < 1.29 is 18.8 Å². The quantitative estimate of drug-likeness (QED) is 0.658. The topological polar surface area (TPSA) is 123 Å². The lowest BCUT2D eigenvalue weighted by Crippen LogP contribution is -2.27. The van der Waals surface area contributed by atoms with Crippen molar-refractivity contribution in [2.45, 2.75) is 0 Å². The Labute approximate surface area is 134 Å². The molecule has 9 heteroatoms. The van der Waals surface area contributed by atoms with Crippen molar-refractivity contribution >= 4 is 23.5 Å². The predicted molar refractivity (Wildman–Crippen MR) is 81.6 cm³/mol. The number of amides is 3. The first-order chi connectivity index (χ1) is 11.3. The second kappa shape index (κ2) is 5.30. The number of nitrogens with two attached hydrogens (primary N) is 1. The van der Waals surface area contributed by atoms with Gasteiger partial charge >= 0.3 is 0 Å². The van der Waals surface area contributed by atoms with Crippen LogP contribution in [0.4, 0.5) is 10.2 Å². The van der Waals surface area contributed by atoms with E-state index in [4.69, 9.17) is 5.73 Å². The molecule has 3 rings (SSSR count). The van der Waals surface area contributed by atoms with Gasteiger partial charge in [-0.3, -0.25) is 29.1 Å². The van der Waals surface area contributed by atoms with Crippen LogP contribution in [0.1, 0.15) is 31.1 Å². The van der Waals surface area contributed by atoms with Crippen molar-refractivity contribution in [3.63, 3.8) is 0 Å². The van der Waals surface area contributed by atoms with Gasteiger partial charge in [0.15, 0.2) is 0 Å². The number of imide groups is 1. The molecule has 122 valence electrons. The molecule has 0 radical (unpaired) electrons. The van der Waals surface area contributed by atoms with Crippen LogP contribution in [0.15, 0.2) is 29.1 Å². The van der Waals surface area contributed by atoms with Crippen LogP contribution in [-0.2, 0) is 0 Å². The molecular formula is C15H11FN4O4. The first-order valence-electron chi connectivity index (χ1n) is 6.78. The summed E-state index contributed by atoms with van der Waals surface area (Å²) in [5.41, 5.74) is 4.72. The van der Waals surface area contributed by atoms with Crippen LogP contribution >= 0.6 is 0 Å². The molecule has 2 heterocycles. The van der Waals surface area contributed by atoms with E-state index in [-0.39, 0.29) is 28.2 Å². The van der Waals surface area contributed by atoms with Gasteiger partial charge in [-0.15, -0.1) is 0 Å². The van der Waals surface area contributed by atoms with Gasteiger partial charge in [-0.2, -0.15) is 0 Å². The third-order valence-electron chi connectivity index (χ3n) is 3.62. The van der Waals surface area contributed by atoms with Crippen LogP contribution in [0.3, 0.4) is 0 Å². The number of benzene rings is 1. The molecule has 0 spiro atoms. The van der Waals surface area contributed by atoms with Crippen LogP contribution in [0.2, 0.25) is 0 Å². The van der Waals surface area contributed by atoms with Crippen molar-refractivity contribution in [3.8, 4) is 5.69 Å². The maximum atomic E-state index is 13.5. The molecule has 0 aliphatic carbocycles. The highest BCUT2D eigenvalue weighted by atomic mass is 19.1. The van der Waals surface area contributed by atoms with Gasteiger partial charge in [0.05, 0.1) is 22.4 Å². The number of hydrogen-bond acceptors (Lipinski definition) is 5. The largest absolute Gasteiger partial charge is 0.384 e. The molecule has 1 aliphatic heterocycles. The molecule has 1 aromatic carbocycles. The molecule has 0 atom stereocenters. The van der Waals surface area contributed by atoms with Gasteiger partial charge in [-0.05, 0) is 18.2 Å². The Balaban J connectivity index is 2.36. The summed E-state index contributed by atoms with van der Waals surface area (Å²) in [6.45, 7) is 0. The second-order valence-electron chi connectivity index (χ2n) is 5.02. The van der Waals surface area contributed by atoms with Crippen molar-refractivity contribution in [2.75, 3.05) is 12.8 Å². The number of pyridine rings is 1. The van der Waals surface area contributed by atoms with Crippen molar-refractivity contribution in [1.29, 1.82) is 0 Å². The average Bonchev–Trinajstić information content (AvgIpc) is 2.82. The molecule has 0 saturated carbocycles. The Hall–Kier alpha value is -3.49. The summed E-state index contributed by atoms with van der Waals surface area (Å²) in [6.07, 6.45) is 0. The molecule has 2 aromatic rings. The zero-order valence-electron chi connectivity index (χ0n) is 12.3. The van der Waals surface area contributed by atoms with Crippen molar-refractivity contribution in [1.82, 2.24) is 15.2 Å². The molecule has 0 bridgehead atoms. The van der Waals surface area contributed by atoms with E-state index in [1.165, 1.54) is 13.1 Å². The van der Waals surface area contributed by atoms with E-state index in [0.29, 0.717) is 0 Å². The molecule has 0 saturated heterocycles. The number of nitrogen functional groups attached to an aromatic ring is 1. The van der Waals surface area contributed by atoms with Crippen molar-refractivity contribution in [3.05, 3.63) is 57.1 Å². The predicted octanol–water partition coefficient (Wildman–Crippen LogP) is -0.198. The Morgan fingerprint density at radius 1 is 1.21 bits per heavy atom. The normalized spacial score (nSPS) is 12.8. The monoisotopic (exact) mass is 330 g/mol. The number of carbonyl (C=O) groups is 3. The standard InChI is InChI=1S/C15H11FN4O4/c1-18-13(22)7-4-6(16)2-3-9(7)20-10(21)5-8-11(12(20)17)15(24)19-14(8)23/h2-5H,17H2,1H3,(H,18,22)(H,19,23,24). The van der Waals surface area contributed by atoms with Gasteiger partial charge in [0.25, 0.3) is 23.3 Å². The van der Waals surface area contributed by atoms with Gasteiger partial charge in [0, 0.05) is 13.1 Å². The maximum Gasteiger partial charge on any atom is 0.262 e. The third kappa shape index (κ3) is 2.14. The Bertz CT molecular complexity index is 980. The summed E-state index contributed by atoms with van der Waals surface area (Å²) in [7, 11) is 1.35. The molecule has 24 heavy (non-hydrogen) atoms. The number of carbonyl (C=O) groups excluding carboxylic acids is 3. The van der Waals surface area contributed by atoms with Gasteiger partial charge in [-0.1, -0.05) is 0 Å². The number of anilines is 1. The lowest BCUT2D eigenvalue weighted by atomic mass is 10.1. The fourth-order valence-electron chi connectivity index (χ4n) is 2.55. The number of nitrogens with zero attached hydrogens (tertiary/aromatic N) is 1. The van der Waals surface area contributed by atoms with E-state index >= 15 is 0 Å². The minimum atomic E-state index is -0.746. The van der Waals surface area contributed by atoms with Gasteiger partial charge in [0.1, 0.15) is 11.6 Å². The molecule has 0 fully saturated rings. The third-order valence-corrected chi connectivity index (χ3v) is 3.62. The van der Waals surface area contributed by atoms with E-state index < -0.39 is 29.1 Å². The molecule has 1 aromatic heterocycles. The molecular weight excluding hydrogens is 319 g/mol. The van der Waals surface area contributed by atoms with Crippen LogP contribution in [-0.4, -0.2) is 29.3 Å². The molecule has 8 nitrogen and oxygen atoms in total. The van der Waals surface area contributed by atoms with Gasteiger partial charge in [-0.25, -0.2) is 4.39 Å². The maximum absolute atomic E-state index is 13.5. The zero-order valence-corrected chi connectivity index (χ0v) is 12.3. The molecule has 3 amide bonds. The zero-order chi connectivity index (χ0) is 17.6. The number of halogens is 1. The summed E-state index contributed by atoms with van der Waals surface area (Å²) in [5, 5.41) is 4.37. The highest BCUT2D eigenvalue weighted by Gasteiger charge is 2.32. The average molecular weight is 330 g/mol. The fourth-order valence-corrected chi connectivity index (χ4v) is 2.55. The molecule has 1 aliphatic rings. The summed E-state index contributed by atoms with van der Waals surface area (Å²) >= 11 is 0. The van der Waals surface area contributed by atoms with E-state index in [9.17, 15) is 23.6 Å². The Morgan fingerprint density at radius 3 is 2.58 bits per heavy atom. The molecule has 4 N–H and O–H groups in total. The molecule has 0 unspecified atom stereocenters. The number of fused-ring (bicyclic) bond motifs is 1. The first-order valence-corrected chi connectivity index (χ1v) is 6.78. The van der Waals surface area contributed by atoms with E-state index in [1.807, 2.05) is 5.32 Å². The number of hydrogen-bond donors (Lipinski definition) is 3. The van der Waals surface area contributed by atoms with Gasteiger partial charge < -0.3 is 11.1 Å². The van der Waals surface area contributed by atoms with Crippen LogP contribution in [0.25, 0.3) is 5.69 Å².